The van der Waals surface area contributed by atoms with Crippen LogP contribution in [0.25, 0.3) is 0 Å². The maximum Gasteiger partial charge on any atom is 0.257 e. The van der Waals surface area contributed by atoms with E-state index < -0.39 is 5.91 Å². The first kappa shape index (κ1) is 17.8. The topological polar surface area (TPSA) is 64.3 Å². The van der Waals surface area contributed by atoms with Gasteiger partial charge in [-0.15, -0.1) is 0 Å². The van der Waals surface area contributed by atoms with Gasteiger partial charge in [0.25, 0.3) is 5.91 Å². The van der Waals surface area contributed by atoms with Crippen molar-refractivity contribution >= 4 is 58.0 Å². The van der Waals surface area contributed by atoms with Gasteiger partial charge >= 0.3 is 0 Å². The molecule has 0 aliphatic heterocycles. The fraction of sp³-hybridized carbons (Fsp3) is 0.0667. The number of hydrogen-bond donors (Lipinski definition) is 2. The van der Waals surface area contributed by atoms with Crippen LogP contribution in [0.15, 0.2) is 36.4 Å². The molecule has 3 N–H and O–H groups in total. The molecule has 0 spiro atoms. The van der Waals surface area contributed by atoms with Crippen LogP contribution < -0.4 is 15.8 Å². The van der Waals surface area contributed by atoms with Crippen LogP contribution in [-0.4, -0.2) is 11.0 Å². The van der Waals surface area contributed by atoms with Gasteiger partial charge in [-0.3, -0.25) is 10.1 Å². The Morgan fingerprint density at radius 3 is 2.35 bits per heavy atom. The largest absolute Gasteiger partial charge is 0.487 e. The van der Waals surface area contributed by atoms with Crippen LogP contribution >= 0.6 is 47.0 Å². The lowest BCUT2D eigenvalue weighted by molar-refractivity contribution is 0.0977. The molecule has 0 aliphatic carbocycles. The molecule has 0 radical (unpaired) electrons. The van der Waals surface area contributed by atoms with Gasteiger partial charge < -0.3 is 10.5 Å². The minimum Gasteiger partial charge on any atom is -0.487 e. The Morgan fingerprint density at radius 2 is 1.78 bits per heavy atom. The summed E-state index contributed by atoms with van der Waals surface area (Å²) in [4.78, 5) is 11.8. The van der Waals surface area contributed by atoms with E-state index in [1.165, 1.54) is 6.07 Å². The van der Waals surface area contributed by atoms with Gasteiger partial charge in [-0.05, 0) is 42.5 Å². The lowest BCUT2D eigenvalue weighted by atomic mass is 10.2. The summed E-state index contributed by atoms with van der Waals surface area (Å²) in [6.07, 6.45) is 0. The Morgan fingerprint density at radius 1 is 1.13 bits per heavy atom. The van der Waals surface area contributed by atoms with Gasteiger partial charge in [-0.1, -0.05) is 40.9 Å². The highest BCUT2D eigenvalue weighted by molar-refractivity contribution is 7.80. The summed E-state index contributed by atoms with van der Waals surface area (Å²) < 4.78 is 5.62. The number of rotatable bonds is 4. The third-order valence-electron chi connectivity index (χ3n) is 2.86. The fourth-order valence-corrected chi connectivity index (χ4v) is 2.60. The highest BCUT2D eigenvalue weighted by Crippen LogP contribution is 2.29. The highest BCUT2D eigenvalue weighted by atomic mass is 35.5. The van der Waals surface area contributed by atoms with Crippen LogP contribution in [0, 0.1) is 0 Å². The fourth-order valence-electron chi connectivity index (χ4n) is 1.76. The molecule has 2 aromatic carbocycles. The Kier molecular flexibility index (Phi) is 6.07. The van der Waals surface area contributed by atoms with E-state index >= 15 is 0 Å². The van der Waals surface area contributed by atoms with Crippen molar-refractivity contribution in [3.63, 3.8) is 0 Å². The predicted molar refractivity (Wildman–Crippen MR) is 96.5 cm³/mol. The number of amides is 1. The normalized spacial score (nSPS) is 10.2. The van der Waals surface area contributed by atoms with Crippen molar-refractivity contribution in [2.45, 2.75) is 6.61 Å². The van der Waals surface area contributed by atoms with Crippen LogP contribution in [-0.2, 0) is 6.61 Å². The number of carbonyl (C=O) groups is 1. The van der Waals surface area contributed by atoms with Gasteiger partial charge in [0.05, 0.1) is 5.02 Å². The number of thiocarbonyl (C=S) groups is 1. The molecule has 0 aliphatic rings. The summed E-state index contributed by atoms with van der Waals surface area (Å²) in [7, 11) is 0. The average molecular weight is 390 g/mol. The zero-order valence-electron chi connectivity index (χ0n) is 11.6. The van der Waals surface area contributed by atoms with E-state index in [0.717, 1.165) is 0 Å². The van der Waals surface area contributed by atoms with Crippen LogP contribution in [0.5, 0.6) is 5.75 Å². The van der Waals surface area contributed by atoms with Crippen LogP contribution in [0.2, 0.25) is 15.1 Å². The molecule has 0 aromatic heterocycles. The van der Waals surface area contributed by atoms with Crippen LogP contribution in [0.1, 0.15) is 15.9 Å². The van der Waals surface area contributed by atoms with Crippen LogP contribution in [0.3, 0.4) is 0 Å². The number of ether oxygens (including phenoxy) is 1. The second-order valence-electron chi connectivity index (χ2n) is 4.45. The van der Waals surface area contributed by atoms with Gasteiger partial charge in [0.2, 0.25) is 0 Å². The Labute approximate surface area is 153 Å². The molecule has 0 bridgehead atoms. The monoisotopic (exact) mass is 388 g/mol. The third-order valence-corrected chi connectivity index (χ3v) is 3.97. The number of benzene rings is 2. The molecule has 2 rings (SSSR count). The highest BCUT2D eigenvalue weighted by Gasteiger charge is 2.12. The van der Waals surface area contributed by atoms with Gasteiger partial charge in [0, 0.05) is 21.2 Å². The van der Waals surface area contributed by atoms with E-state index in [-0.39, 0.29) is 16.7 Å². The quantitative estimate of drug-likeness (QED) is 0.769. The summed E-state index contributed by atoms with van der Waals surface area (Å²) in [6.45, 7) is 0.149. The minimum atomic E-state index is -0.444. The SMILES string of the molecule is NC(=S)NC(=O)c1ccc(OCc2c(Cl)cccc2Cl)c(Cl)c1. The van der Waals surface area contributed by atoms with Gasteiger partial charge in [-0.25, -0.2) is 0 Å². The summed E-state index contributed by atoms with van der Waals surface area (Å²) in [6, 6.07) is 9.76. The smallest absolute Gasteiger partial charge is 0.257 e. The molecule has 0 saturated carbocycles. The zero-order valence-corrected chi connectivity index (χ0v) is 14.7. The third kappa shape index (κ3) is 4.72. The molecule has 23 heavy (non-hydrogen) atoms. The number of nitrogens with one attached hydrogen (secondary N) is 1. The first-order chi connectivity index (χ1) is 10.9. The van der Waals surface area contributed by atoms with Crippen molar-refractivity contribution in [1.29, 1.82) is 0 Å². The van der Waals surface area contributed by atoms with Crippen molar-refractivity contribution in [1.82, 2.24) is 5.32 Å². The molecular weight excluding hydrogens is 379 g/mol. The van der Waals surface area contributed by atoms with E-state index in [9.17, 15) is 4.79 Å². The zero-order chi connectivity index (χ0) is 17.0. The van der Waals surface area contributed by atoms with Gasteiger partial charge in [0.15, 0.2) is 5.11 Å². The molecule has 0 fully saturated rings. The number of nitrogens with two attached hydrogens (primary N) is 1. The standard InChI is InChI=1S/C15H11Cl3N2O2S/c16-10-2-1-3-11(17)9(10)7-22-13-5-4-8(6-12(13)18)14(21)20-15(19)23/h1-6H,7H2,(H3,19,20,21,23). The number of hydrogen-bond acceptors (Lipinski definition) is 3. The first-order valence-corrected chi connectivity index (χ1v) is 7.88. The molecule has 0 heterocycles. The van der Waals surface area contributed by atoms with E-state index in [4.69, 9.17) is 45.3 Å². The maximum absolute atomic E-state index is 11.8. The van der Waals surface area contributed by atoms with Crippen LogP contribution in [0.4, 0.5) is 0 Å². The molecular formula is C15H11Cl3N2O2S. The first-order valence-electron chi connectivity index (χ1n) is 6.34. The number of halogens is 3. The second-order valence-corrected chi connectivity index (χ2v) is 6.11. The Hall–Kier alpha value is -1.53. The molecule has 2 aromatic rings. The summed E-state index contributed by atoms with van der Waals surface area (Å²) in [5, 5.41) is 3.47. The van der Waals surface area contributed by atoms with Gasteiger partial charge in [-0.2, -0.15) is 0 Å². The lowest BCUT2D eigenvalue weighted by Gasteiger charge is -2.11. The Balaban J connectivity index is 2.13. The van der Waals surface area contributed by atoms with Crippen molar-refractivity contribution in [3.05, 3.63) is 62.6 Å². The molecule has 0 atom stereocenters. The van der Waals surface area contributed by atoms with E-state index in [2.05, 4.69) is 17.5 Å². The minimum absolute atomic E-state index is 0.111. The second kappa shape index (κ2) is 7.84. The average Bonchev–Trinajstić information content (AvgIpc) is 2.47. The van der Waals surface area contributed by atoms with Crippen molar-refractivity contribution in [2.24, 2.45) is 5.73 Å². The maximum atomic E-state index is 11.8. The Bertz CT molecular complexity index is 748. The summed E-state index contributed by atoms with van der Waals surface area (Å²) in [5.74, 6) is -0.0466. The van der Waals surface area contributed by atoms with Crippen molar-refractivity contribution < 1.29 is 9.53 Å². The van der Waals surface area contributed by atoms with E-state index in [1.807, 2.05) is 0 Å². The lowest BCUT2D eigenvalue weighted by Crippen LogP contribution is -2.34. The summed E-state index contributed by atoms with van der Waals surface area (Å²) >= 11 is 22.9. The molecule has 120 valence electrons. The summed E-state index contributed by atoms with van der Waals surface area (Å²) in [5.41, 5.74) is 6.22. The molecule has 1 amide bonds. The number of carbonyl (C=O) groups excluding carboxylic acids is 1. The molecule has 8 heteroatoms. The molecule has 0 saturated heterocycles. The van der Waals surface area contributed by atoms with E-state index in [1.54, 1.807) is 30.3 Å². The van der Waals surface area contributed by atoms with Crippen molar-refractivity contribution in [2.75, 3.05) is 0 Å². The van der Waals surface area contributed by atoms with Gasteiger partial charge in [0.1, 0.15) is 12.4 Å². The predicted octanol–water partition coefficient (Wildman–Crippen LogP) is 4.20. The van der Waals surface area contributed by atoms with E-state index in [0.29, 0.717) is 26.9 Å². The van der Waals surface area contributed by atoms with Crippen molar-refractivity contribution in [3.8, 4) is 5.75 Å². The molecule has 4 nitrogen and oxygen atoms in total. The molecule has 0 unspecified atom stereocenters.